The van der Waals surface area contributed by atoms with Gasteiger partial charge in [-0.2, -0.15) is 0 Å². The molecule has 2 atom stereocenters. The summed E-state index contributed by atoms with van der Waals surface area (Å²) >= 11 is 3.44. The van der Waals surface area contributed by atoms with Crippen LogP contribution in [0.4, 0.5) is 4.79 Å². The Morgan fingerprint density at radius 2 is 1.92 bits per heavy atom. The van der Waals surface area contributed by atoms with E-state index in [9.17, 15) is 14.4 Å². The monoisotopic (exact) mass is 376 g/mol. The van der Waals surface area contributed by atoms with Crippen LogP contribution in [-0.2, 0) is 16.0 Å². The lowest BCUT2D eigenvalue weighted by atomic mass is 9.99. The minimum absolute atomic E-state index is 0.0985. The average molecular weight is 376 g/mol. The number of hydrogen-bond donors (Lipinski definition) is 1. The number of hydrogen-bond acceptors (Lipinski definition) is 5. The second kappa shape index (κ2) is 6.36. The maximum Gasteiger partial charge on any atom is 0.338 e. The zero-order valence-electron chi connectivity index (χ0n) is 13.7. The Hall–Kier alpha value is -2.03. The zero-order chi connectivity index (χ0) is 17.6. The topological polar surface area (TPSA) is 62.1 Å². The number of likely N-dealkylation sites (N-methyl/N-ethyl adjacent to an activating group) is 1. The van der Waals surface area contributed by atoms with Gasteiger partial charge in [0.1, 0.15) is 0 Å². The Morgan fingerprint density at radius 3 is 2.60 bits per heavy atom. The highest BCUT2D eigenvalue weighted by Crippen LogP contribution is 2.31. The highest BCUT2D eigenvalue weighted by Gasteiger charge is 2.47. The van der Waals surface area contributed by atoms with Gasteiger partial charge < -0.3 is 4.90 Å². The molecule has 25 heavy (non-hydrogen) atoms. The molecule has 2 aromatic heterocycles. The highest BCUT2D eigenvalue weighted by atomic mass is 32.1. The lowest BCUT2D eigenvalue weighted by Crippen LogP contribution is -3.15. The van der Waals surface area contributed by atoms with Crippen molar-refractivity contribution in [1.29, 1.82) is 0 Å². The minimum atomic E-state index is -0.715. The second-order valence-corrected chi connectivity index (χ2v) is 8.11. The molecule has 1 fully saturated rings. The first-order valence-corrected chi connectivity index (χ1v) is 9.99. The van der Waals surface area contributed by atoms with Crippen LogP contribution in [0.1, 0.15) is 28.3 Å². The number of carbonyl (C=O) groups excluding carboxylic acids is 3. The van der Waals surface area contributed by atoms with Crippen LogP contribution in [0.2, 0.25) is 0 Å². The standard InChI is InChI=1S/C17H17N3O3S2/c1-2-19-15(21)16(22)20(17(19)23)10-18-7-5-12-11(6-9-25-12)14(18)13-4-3-8-24-13/h3-4,6,8-9,14H,2,5,7,10H2,1H3/p+1/t14-/m1/s1. The molecule has 6 nitrogen and oxygen atoms in total. The number of fused-ring (bicyclic) bond motifs is 1. The van der Waals surface area contributed by atoms with Gasteiger partial charge in [0.05, 0.1) is 11.4 Å². The number of thiophene rings is 2. The Bertz CT molecular complexity index is 830. The molecule has 4 heterocycles. The molecule has 2 aliphatic rings. The summed E-state index contributed by atoms with van der Waals surface area (Å²) in [5.41, 5.74) is 1.27. The van der Waals surface area contributed by atoms with Crippen LogP contribution in [0.3, 0.4) is 0 Å². The van der Waals surface area contributed by atoms with Crippen LogP contribution in [0.15, 0.2) is 29.0 Å². The summed E-state index contributed by atoms with van der Waals surface area (Å²) in [6.45, 7) is 2.97. The Balaban J connectivity index is 1.65. The van der Waals surface area contributed by atoms with E-state index in [0.717, 1.165) is 27.7 Å². The Kier molecular flexibility index (Phi) is 4.18. The van der Waals surface area contributed by atoms with Gasteiger partial charge in [-0.1, -0.05) is 6.07 Å². The first-order valence-electron chi connectivity index (χ1n) is 8.23. The van der Waals surface area contributed by atoms with Crippen molar-refractivity contribution < 1.29 is 19.3 Å². The van der Waals surface area contributed by atoms with Gasteiger partial charge in [-0.15, -0.1) is 22.7 Å². The van der Waals surface area contributed by atoms with Crippen LogP contribution < -0.4 is 4.90 Å². The maximum atomic E-state index is 12.4. The zero-order valence-corrected chi connectivity index (χ0v) is 15.4. The fraction of sp³-hybridized carbons (Fsp3) is 0.353. The summed E-state index contributed by atoms with van der Waals surface area (Å²) in [5.74, 6) is -1.42. The van der Waals surface area contributed by atoms with Crippen LogP contribution >= 0.6 is 22.7 Å². The van der Waals surface area contributed by atoms with E-state index >= 15 is 0 Å². The summed E-state index contributed by atoms with van der Waals surface area (Å²) < 4.78 is 0. The molecule has 2 aliphatic heterocycles. The highest BCUT2D eigenvalue weighted by molar-refractivity contribution is 7.10. The van der Waals surface area contributed by atoms with Gasteiger partial charge in [0, 0.05) is 23.4 Å². The molecule has 4 amide bonds. The number of amides is 4. The number of imide groups is 2. The molecule has 0 aliphatic carbocycles. The third-order valence-corrected chi connectivity index (χ3v) is 6.75. The van der Waals surface area contributed by atoms with Crippen LogP contribution in [0, 0.1) is 0 Å². The third kappa shape index (κ3) is 2.61. The van der Waals surface area contributed by atoms with E-state index in [0.29, 0.717) is 0 Å². The largest absolute Gasteiger partial charge is 0.338 e. The molecule has 1 unspecified atom stereocenters. The second-order valence-electron chi connectivity index (χ2n) is 6.13. The Morgan fingerprint density at radius 1 is 1.12 bits per heavy atom. The average Bonchev–Trinajstić information content (AvgIpc) is 3.33. The maximum absolute atomic E-state index is 12.4. The summed E-state index contributed by atoms with van der Waals surface area (Å²) in [6, 6.07) is 5.86. The van der Waals surface area contributed by atoms with Gasteiger partial charge in [-0.05, 0) is 29.8 Å². The summed E-state index contributed by atoms with van der Waals surface area (Å²) in [7, 11) is 0. The van der Waals surface area contributed by atoms with Crippen LogP contribution in [0.5, 0.6) is 0 Å². The van der Waals surface area contributed by atoms with Gasteiger partial charge in [0.15, 0.2) is 12.7 Å². The molecule has 130 valence electrons. The minimum Gasteiger partial charge on any atom is -0.306 e. The fourth-order valence-electron chi connectivity index (χ4n) is 3.60. The fourth-order valence-corrected chi connectivity index (χ4v) is 5.42. The van der Waals surface area contributed by atoms with Crippen molar-refractivity contribution in [2.75, 3.05) is 19.8 Å². The molecular formula is C17H18N3O3S2+. The van der Waals surface area contributed by atoms with E-state index in [1.54, 1.807) is 29.6 Å². The number of urea groups is 1. The van der Waals surface area contributed by atoms with E-state index in [-0.39, 0.29) is 19.3 Å². The summed E-state index contributed by atoms with van der Waals surface area (Å²) in [6.07, 6.45) is 0.922. The molecule has 0 spiro atoms. The molecule has 8 heteroatoms. The summed E-state index contributed by atoms with van der Waals surface area (Å²) in [4.78, 5) is 42.5. The summed E-state index contributed by atoms with van der Waals surface area (Å²) in [5, 5.41) is 4.14. The molecular weight excluding hydrogens is 358 g/mol. The van der Waals surface area contributed by atoms with Crippen molar-refractivity contribution in [1.82, 2.24) is 9.80 Å². The molecule has 4 rings (SSSR count). The first kappa shape index (κ1) is 16.4. The van der Waals surface area contributed by atoms with E-state index < -0.39 is 17.8 Å². The molecule has 0 aromatic carbocycles. The van der Waals surface area contributed by atoms with Gasteiger partial charge in [0.2, 0.25) is 0 Å². The third-order valence-electron chi connectivity index (χ3n) is 4.81. The lowest BCUT2D eigenvalue weighted by Gasteiger charge is -2.33. The first-order chi connectivity index (χ1) is 12.1. The smallest absolute Gasteiger partial charge is 0.306 e. The predicted octanol–water partition coefficient (Wildman–Crippen LogP) is 1.11. The number of rotatable bonds is 4. The lowest BCUT2D eigenvalue weighted by molar-refractivity contribution is -0.934. The van der Waals surface area contributed by atoms with Gasteiger partial charge >= 0.3 is 17.8 Å². The van der Waals surface area contributed by atoms with Crippen LogP contribution in [-0.4, -0.2) is 47.4 Å². The molecule has 1 saturated heterocycles. The van der Waals surface area contributed by atoms with E-state index in [1.807, 2.05) is 11.4 Å². The van der Waals surface area contributed by atoms with Crippen molar-refractivity contribution >= 4 is 40.5 Å². The van der Waals surface area contributed by atoms with Crippen molar-refractivity contribution in [3.05, 3.63) is 44.3 Å². The van der Waals surface area contributed by atoms with Crippen molar-refractivity contribution in [2.24, 2.45) is 0 Å². The van der Waals surface area contributed by atoms with Crippen molar-refractivity contribution in [3.8, 4) is 0 Å². The van der Waals surface area contributed by atoms with Gasteiger partial charge in [-0.25, -0.2) is 9.69 Å². The van der Waals surface area contributed by atoms with E-state index in [1.165, 1.54) is 15.3 Å². The molecule has 0 saturated carbocycles. The number of nitrogens with zero attached hydrogens (tertiary/aromatic N) is 2. The number of carbonyl (C=O) groups is 3. The van der Waals surface area contributed by atoms with Gasteiger partial charge in [0.25, 0.3) is 0 Å². The van der Waals surface area contributed by atoms with Crippen molar-refractivity contribution in [2.45, 2.75) is 19.4 Å². The quantitative estimate of drug-likeness (QED) is 0.642. The predicted molar refractivity (Wildman–Crippen MR) is 94.5 cm³/mol. The normalized spacial score (nSPS) is 23.5. The molecule has 0 radical (unpaired) electrons. The Labute approximate surface area is 153 Å². The van der Waals surface area contributed by atoms with E-state index in [2.05, 4.69) is 17.5 Å². The molecule has 0 bridgehead atoms. The van der Waals surface area contributed by atoms with Gasteiger partial charge in [-0.3, -0.25) is 14.5 Å². The SMILES string of the molecule is CCN1C(=O)C(=O)N(C[NH+]2CCc3sccc3[C@@H]2c2cccs2)C1=O. The molecule has 1 N–H and O–H groups in total. The molecule has 2 aromatic rings. The number of quaternary nitrogens is 1. The van der Waals surface area contributed by atoms with E-state index in [4.69, 9.17) is 0 Å². The van der Waals surface area contributed by atoms with Crippen molar-refractivity contribution in [3.63, 3.8) is 0 Å². The van der Waals surface area contributed by atoms with Crippen LogP contribution in [0.25, 0.3) is 0 Å². The number of nitrogens with one attached hydrogen (secondary N) is 1.